The molecular formula is C13H22N4O. The van der Waals surface area contributed by atoms with Crippen LogP contribution in [0.3, 0.4) is 0 Å². The Kier molecular flexibility index (Phi) is 4.36. The van der Waals surface area contributed by atoms with Gasteiger partial charge in [0.2, 0.25) is 5.88 Å². The van der Waals surface area contributed by atoms with Crippen LogP contribution < -0.4 is 15.4 Å². The fourth-order valence-electron chi connectivity index (χ4n) is 2.22. The summed E-state index contributed by atoms with van der Waals surface area (Å²) in [4.78, 5) is 11.1. The molecule has 2 N–H and O–H groups in total. The van der Waals surface area contributed by atoms with Gasteiger partial charge in [-0.25, -0.2) is 4.98 Å². The van der Waals surface area contributed by atoms with Gasteiger partial charge in [0.15, 0.2) is 0 Å². The summed E-state index contributed by atoms with van der Waals surface area (Å²) in [7, 11) is 1.64. The minimum absolute atomic E-state index is 0.607. The lowest BCUT2D eigenvalue weighted by Gasteiger charge is -2.38. The van der Waals surface area contributed by atoms with E-state index in [0.29, 0.717) is 18.5 Å². The summed E-state index contributed by atoms with van der Waals surface area (Å²) in [5, 5.41) is 0. The van der Waals surface area contributed by atoms with E-state index in [1.165, 1.54) is 19.3 Å². The predicted molar refractivity (Wildman–Crippen MR) is 72.0 cm³/mol. The van der Waals surface area contributed by atoms with Crippen LogP contribution in [0.5, 0.6) is 5.88 Å². The SMILES string of the molecule is COc1cc(N(CCCN)C2CCC2)nc(C)n1. The Morgan fingerprint density at radius 2 is 2.22 bits per heavy atom. The molecule has 0 unspecified atom stereocenters. The van der Waals surface area contributed by atoms with Gasteiger partial charge >= 0.3 is 0 Å². The molecule has 0 spiro atoms. The number of ether oxygens (including phenoxy) is 1. The van der Waals surface area contributed by atoms with Crippen molar-refractivity contribution in [3.8, 4) is 5.88 Å². The van der Waals surface area contributed by atoms with E-state index in [1.807, 2.05) is 13.0 Å². The summed E-state index contributed by atoms with van der Waals surface area (Å²) < 4.78 is 5.22. The smallest absolute Gasteiger partial charge is 0.218 e. The number of hydrogen-bond acceptors (Lipinski definition) is 5. The molecular weight excluding hydrogens is 228 g/mol. The molecule has 2 rings (SSSR count). The number of aromatic nitrogens is 2. The molecule has 1 aromatic rings. The average molecular weight is 250 g/mol. The summed E-state index contributed by atoms with van der Waals surface area (Å²) in [6, 6.07) is 2.53. The van der Waals surface area contributed by atoms with E-state index in [1.54, 1.807) is 7.11 Å². The molecule has 5 heteroatoms. The molecule has 0 bridgehead atoms. The molecule has 0 radical (unpaired) electrons. The van der Waals surface area contributed by atoms with Crippen LogP contribution in [0.4, 0.5) is 5.82 Å². The molecule has 1 saturated carbocycles. The standard InChI is InChI=1S/C13H22N4O/c1-10-15-12(9-13(16-10)18-2)17(8-4-7-14)11-5-3-6-11/h9,11H,3-8,14H2,1-2H3. The first kappa shape index (κ1) is 13.1. The van der Waals surface area contributed by atoms with Crippen LogP contribution in [0, 0.1) is 6.92 Å². The van der Waals surface area contributed by atoms with Crippen LogP contribution in [0.2, 0.25) is 0 Å². The Morgan fingerprint density at radius 3 is 2.78 bits per heavy atom. The number of hydrogen-bond donors (Lipinski definition) is 1. The van der Waals surface area contributed by atoms with Crippen molar-refractivity contribution in [3.63, 3.8) is 0 Å². The van der Waals surface area contributed by atoms with Crippen LogP contribution in [-0.2, 0) is 0 Å². The first-order valence-electron chi connectivity index (χ1n) is 6.61. The van der Waals surface area contributed by atoms with Crippen molar-refractivity contribution < 1.29 is 4.74 Å². The molecule has 0 saturated heterocycles. The zero-order valence-electron chi connectivity index (χ0n) is 11.2. The monoisotopic (exact) mass is 250 g/mol. The second-order valence-electron chi connectivity index (χ2n) is 4.74. The minimum atomic E-state index is 0.607. The lowest BCUT2D eigenvalue weighted by atomic mass is 9.91. The first-order valence-corrected chi connectivity index (χ1v) is 6.61. The van der Waals surface area contributed by atoms with Gasteiger partial charge in [-0.1, -0.05) is 0 Å². The van der Waals surface area contributed by atoms with Crippen molar-refractivity contribution in [2.75, 3.05) is 25.1 Å². The van der Waals surface area contributed by atoms with E-state index < -0.39 is 0 Å². The molecule has 0 amide bonds. The van der Waals surface area contributed by atoms with Crippen molar-refractivity contribution in [3.05, 3.63) is 11.9 Å². The Morgan fingerprint density at radius 1 is 1.44 bits per heavy atom. The molecule has 0 atom stereocenters. The zero-order chi connectivity index (χ0) is 13.0. The van der Waals surface area contributed by atoms with Gasteiger partial charge in [0, 0.05) is 18.7 Å². The van der Waals surface area contributed by atoms with Crippen LogP contribution in [0.25, 0.3) is 0 Å². The molecule has 1 aliphatic carbocycles. The van der Waals surface area contributed by atoms with E-state index in [9.17, 15) is 0 Å². The normalized spacial score (nSPS) is 15.3. The molecule has 1 fully saturated rings. The van der Waals surface area contributed by atoms with Gasteiger partial charge in [-0.05, 0) is 39.2 Å². The highest BCUT2D eigenvalue weighted by molar-refractivity contribution is 5.43. The average Bonchev–Trinajstić information content (AvgIpc) is 2.31. The van der Waals surface area contributed by atoms with Crippen molar-refractivity contribution in [1.82, 2.24) is 9.97 Å². The van der Waals surface area contributed by atoms with E-state index in [-0.39, 0.29) is 0 Å². The summed E-state index contributed by atoms with van der Waals surface area (Å²) in [6.45, 7) is 3.57. The topological polar surface area (TPSA) is 64.3 Å². The second-order valence-corrected chi connectivity index (χ2v) is 4.74. The van der Waals surface area contributed by atoms with Crippen molar-refractivity contribution in [1.29, 1.82) is 0 Å². The third-order valence-electron chi connectivity index (χ3n) is 3.42. The van der Waals surface area contributed by atoms with Crippen molar-refractivity contribution in [2.45, 2.75) is 38.6 Å². The first-order chi connectivity index (χ1) is 8.74. The maximum absolute atomic E-state index is 5.62. The van der Waals surface area contributed by atoms with Gasteiger partial charge in [-0.2, -0.15) is 4.98 Å². The molecule has 18 heavy (non-hydrogen) atoms. The fourth-order valence-corrected chi connectivity index (χ4v) is 2.22. The fraction of sp³-hybridized carbons (Fsp3) is 0.692. The summed E-state index contributed by atoms with van der Waals surface area (Å²) in [6.07, 6.45) is 4.79. The molecule has 1 aromatic heterocycles. The number of anilines is 1. The van der Waals surface area contributed by atoms with Crippen LogP contribution >= 0.6 is 0 Å². The Balaban J connectivity index is 2.19. The van der Waals surface area contributed by atoms with Crippen molar-refractivity contribution >= 4 is 5.82 Å². The predicted octanol–water partition coefficient (Wildman–Crippen LogP) is 1.50. The van der Waals surface area contributed by atoms with Crippen LogP contribution in [0.1, 0.15) is 31.5 Å². The maximum atomic E-state index is 5.62. The summed E-state index contributed by atoms with van der Waals surface area (Å²) in [5.41, 5.74) is 5.62. The van der Waals surface area contributed by atoms with Gasteiger partial charge in [-0.15, -0.1) is 0 Å². The Labute approximate surface area is 108 Å². The summed E-state index contributed by atoms with van der Waals surface area (Å²) in [5.74, 6) is 2.36. The van der Waals surface area contributed by atoms with Crippen LogP contribution in [-0.4, -0.2) is 36.2 Å². The zero-order valence-corrected chi connectivity index (χ0v) is 11.2. The number of nitrogens with zero attached hydrogens (tertiary/aromatic N) is 3. The van der Waals surface area contributed by atoms with Gasteiger partial charge in [0.05, 0.1) is 7.11 Å². The molecule has 0 aliphatic heterocycles. The molecule has 5 nitrogen and oxygen atoms in total. The summed E-state index contributed by atoms with van der Waals surface area (Å²) >= 11 is 0. The largest absolute Gasteiger partial charge is 0.481 e. The number of methoxy groups -OCH3 is 1. The van der Waals surface area contributed by atoms with Gasteiger partial charge < -0.3 is 15.4 Å². The lowest BCUT2D eigenvalue weighted by molar-refractivity contribution is 0.377. The van der Waals surface area contributed by atoms with Crippen molar-refractivity contribution in [2.24, 2.45) is 5.73 Å². The third kappa shape index (κ3) is 2.90. The highest BCUT2D eigenvalue weighted by Gasteiger charge is 2.26. The van der Waals surface area contributed by atoms with E-state index in [2.05, 4.69) is 14.9 Å². The van der Waals surface area contributed by atoms with Crippen LogP contribution in [0.15, 0.2) is 6.07 Å². The Bertz CT molecular complexity index is 393. The molecule has 0 aromatic carbocycles. The number of aryl methyl sites for hydroxylation is 1. The quantitative estimate of drug-likeness (QED) is 0.829. The minimum Gasteiger partial charge on any atom is -0.481 e. The maximum Gasteiger partial charge on any atom is 0.218 e. The van der Waals surface area contributed by atoms with E-state index in [4.69, 9.17) is 10.5 Å². The van der Waals surface area contributed by atoms with E-state index >= 15 is 0 Å². The van der Waals surface area contributed by atoms with E-state index in [0.717, 1.165) is 24.6 Å². The third-order valence-corrected chi connectivity index (χ3v) is 3.42. The molecule has 100 valence electrons. The second kappa shape index (κ2) is 6.00. The number of rotatable bonds is 6. The van der Waals surface area contributed by atoms with Gasteiger partial charge in [-0.3, -0.25) is 0 Å². The highest BCUT2D eigenvalue weighted by Crippen LogP contribution is 2.29. The molecule has 1 aliphatic rings. The molecule has 1 heterocycles. The lowest BCUT2D eigenvalue weighted by Crippen LogP contribution is -2.42. The number of nitrogens with two attached hydrogens (primary N) is 1. The van der Waals surface area contributed by atoms with Gasteiger partial charge in [0.1, 0.15) is 11.6 Å². The Hall–Kier alpha value is -1.36. The van der Waals surface area contributed by atoms with Gasteiger partial charge in [0.25, 0.3) is 0 Å². The highest BCUT2D eigenvalue weighted by atomic mass is 16.5.